The normalized spacial score (nSPS) is 18.2. The largest absolute Gasteiger partial charge is 0.323 e. The summed E-state index contributed by atoms with van der Waals surface area (Å²) in [5.74, 6) is -0.940. The number of piperidine rings is 1. The number of aromatic nitrogens is 4. The zero-order valence-corrected chi connectivity index (χ0v) is 16.6. The van der Waals surface area contributed by atoms with Crippen LogP contribution >= 0.6 is 0 Å². The minimum atomic E-state index is -3.37. The Morgan fingerprint density at radius 2 is 2.18 bits per heavy atom. The number of nitrogens with one attached hydrogen (secondary N) is 1. The number of sulfonamides is 1. The Morgan fingerprint density at radius 1 is 1.39 bits per heavy atom. The first-order chi connectivity index (χ1) is 13.3. The Bertz CT molecular complexity index is 962. The molecule has 1 aliphatic heterocycles. The van der Waals surface area contributed by atoms with Crippen LogP contribution in [0, 0.1) is 18.7 Å². The van der Waals surface area contributed by atoms with E-state index in [2.05, 4.69) is 20.8 Å². The molecular weight excluding hydrogens is 387 g/mol. The second kappa shape index (κ2) is 8.31. The van der Waals surface area contributed by atoms with Gasteiger partial charge in [-0.25, -0.2) is 17.1 Å². The smallest absolute Gasteiger partial charge is 0.228 e. The van der Waals surface area contributed by atoms with E-state index in [-0.39, 0.29) is 18.0 Å². The summed E-state index contributed by atoms with van der Waals surface area (Å²) in [5.41, 5.74) is 0.515. The first-order valence-corrected chi connectivity index (χ1v) is 10.8. The number of anilines is 1. The highest BCUT2D eigenvalue weighted by molar-refractivity contribution is 7.89. The van der Waals surface area contributed by atoms with E-state index in [4.69, 9.17) is 0 Å². The number of hydrogen-bond donors (Lipinski definition) is 1. The van der Waals surface area contributed by atoms with Crippen LogP contribution in [0.4, 0.5) is 10.1 Å². The van der Waals surface area contributed by atoms with Gasteiger partial charge in [-0.2, -0.15) is 4.68 Å². The molecule has 1 aliphatic rings. The molecule has 9 nitrogen and oxygen atoms in total. The van der Waals surface area contributed by atoms with Crippen LogP contribution in [0.15, 0.2) is 18.2 Å². The molecule has 2 aromatic rings. The minimum Gasteiger partial charge on any atom is -0.323 e. The molecule has 28 heavy (non-hydrogen) atoms. The number of benzene rings is 1. The first kappa shape index (κ1) is 20.3. The second-order valence-electron chi connectivity index (χ2n) is 6.80. The third kappa shape index (κ3) is 4.36. The number of tetrazole rings is 1. The monoisotopic (exact) mass is 410 g/mol. The Kier molecular flexibility index (Phi) is 6.04. The molecule has 1 N–H and O–H groups in total. The van der Waals surface area contributed by atoms with Gasteiger partial charge in [-0.3, -0.25) is 4.79 Å². The molecule has 0 aliphatic carbocycles. The summed E-state index contributed by atoms with van der Waals surface area (Å²) in [4.78, 5) is 12.7. The van der Waals surface area contributed by atoms with Gasteiger partial charge in [0.05, 0.1) is 23.0 Å². The molecule has 3 rings (SSSR count). The van der Waals surface area contributed by atoms with Crippen LogP contribution < -0.4 is 5.32 Å². The number of carbonyl (C=O) groups is 1. The molecule has 1 amide bonds. The molecule has 0 saturated carbocycles. The summed E-state index contributed by atoms with van der Waals surface area (Å²) < 4.78 is 41.6. The summed E-state index contributed by atoms with van der Waals surface area (Å²) in [5, 5.41) is 13.8. The topological polar surface area (TPSA) is 110 Å². The van der Waals surface area contributed by atoms with Crippen LogP contribution in [0.5, 0.6) is 0 Å². The van der Waals surface area contributed by atoms with Crippen LogP contribution in [0.1, 0.15) is 32.0 Å². The summed E-state index contributed by atoms with van der Waals surface area (Å²) in [6, 6.07) is 4.18. The van der Waals surface area contributed by atoms with Gasteiger partial charge in [-0.05, 0) is 54.8 Å². The van der Waals surface area contributed by atoms with Crippen LogP contribution in [0.3, 0.4) is 0 Å². The zero-order chi connectivity index (χ0) is 20.3. The van der Waals surface area contributed by atoms with Gasteiger partial charge in [-0.1, -0.05) is 6.92 Å². The van der Waals surface area contributed by atoms with Crippen molar-refractivity contribution < 1.29 is 17.6 Å². The number of carbonyl (C=O) groups excluding carboxylic acids is 1. The number of rotatable bonds is 6. The lowest BCUT2D eigenvalue weighted by Crippen LogP contribution is -2.44. The van der Waals surface area contributed by atoms with Gasteiger partial charge < -0.3 is 5.32 Å². The third-order valence-electron chi connectivity index (χ3n) is 4.69. The van der Waals surface area contributed by atoms with Crippen LogP contribution in [-0.4, -0.2) is 57.7 Å². The van der Waals surface area contributed by atoms with E-state index in [0.29, 0.717) is 37.3 Å². The number of nitrogens with zero attached hydrogens (tertiary/aromatic N) is 5. The molecule has 1 saturated heterocycles. The highest BCUT2D eigenvalue weighted by Gasteiger charge is 2.32. The Morgan fingerprint density at radius 3 is 2.86 bits per heavy atom. The molecule has 1 aromatic heterocycles. The second-order valence-corrected chi connectivity index (χ2v) is 8.89. The predicted molar refractivity (Wildman–Crippen MR) is 101 cm³/mol. The maximum Gasteiger partial charge on any atom is 0.228 e. The third-order valence-corrected chi connectivity index (χ3v) is 6.73. The summed E-state index contributed by atoms with van der Waals surface area (Å²) in [6.07, 6.45) is 1.66. The van der Waals surface area contributed by atoms with E-state index in [9.17, 15) is 17.6 Å². The molecule has 1 atom stereocenters. The van der Waals surface area contributed by atoms with E-state index in [0.717, 1.165) is 0 Å². The molecule has 11 heteroatoms. The molecule has 0 spiro atoms. The fourth-order valence-corrected chi connectivity index (χ4v) is 4.83. The van der Waals surface area contributed by atoms with Gasteiger partial charge in [-0.15, -0.1) is 5.10 Å². The highest BCUT2D eigenvalue weighted by Crippen LogP contribution is 2.24. The van der Waals surface area contributed by atoms with Crippen molar-refractivity contribution in [2.45, 2.75) is 33.1 Å². The summed E-state index contributed by atoms with van der Waals surface area (Å²) in [6.45, 7) is 4.03. The molecular formula is C17H23FN6O3S. The van der Waals surface area contributed by atoms with Gasteiger partial charge in [0, 0.05) is 13.1 Å². The molecule has 152 valence electrons. The summed E-state index contributed by atoms with van der Waals surface area (Å²) >= 11 is 0. The summed E-state index contributed by atoms with van der Waals surface area (Å²) in [7, 11) is -3.37. The highest BCUT2D eigenvalue weighted by atomic mass is 32.2. The Balaban J connectivity index is 1.75. The van der Waals surface area contributed by atoms with Gasteiger partial charge >= 0.3 is 0 Å². The van der Waals surface area contributed by atoms with Crippen molar-refractivity contribution in [1.82, 2.24) is 24.5 Å². The number of amides is 1. The fraction of sp³-hybridized carbons (Fsp3) is 0.529. The maximum atomic E-state index is 14.2. The lowest BCUT2D eigenvalue weighted by atomic mass is 9.98. The van der Waals surface area contributed by atoms with Crippen molar-refractivity contribution in [3.05, 3.63) is 29.8 Å². The van der Waals surface area contributed by atoms with Crippen molar-refractivity contribution in [2.75, 3.05) is 24.2 Å². The average molecular weight is 410 g/mol. The van der Waals surface area contributed by atoms with Crippen molar-refractivity contribution in [2.24, 2.45) is 5.92 Å². The van der Waals surface area contributed by atoms with Crippen LogP contribution in [-0.2, 0) is 14.8 Å². The van der Waals surface area contributed by atoms with Crippen LogP contribution in [0.2, 0.25) is 0 Å². The fourth-order valence-electron chi connectivity index (χ4n) is 3.24. The van der Waals surface area contributed by atoms with Crippen molar-refractivity contribution in [3.8, 4) is 5.69 Å². The lowest BCUT2D eigenvalue weighted by Gasteiger charge is -2.31. The molecule has 2 heterocycles. The molecule has 1 aromatic carbocycles. The van der Waals surface area contributed by atoms with Crippen molar-refractivity contribution >= 4 is 21.6 Å². The van der Waals surface area contributed by atoms with Crippen molar-refractivity contribution in [3.63, 3.8) is 0 Å². The van der Waals surface area contributed by atoms with Gasteiger partial charge in [0.25, 0.3) is 0 Å². The Hall–Kier alpha value is -2.40. The lowest BCUT2D eigenvalue weighted by molar-refractivity contribution is -0.120. The maximum absolute atomic E-state index is 14.2. The molecule has 1 fully saturated rings. The average Bonchev–Trinajstić information content (AvgIpc) is 3.09. The zero-order valence-electron chi connectivity index (χ0n) is 15.8. The quantitative estimate of drug-likeness (QED) is 0.773. The van der Waals surface area contributed by atoms with E-state index < -0.39 is 27.7 Å². The molecule has 0 bridgehead atoms. The van der Waals surface area contributed by atoms with Gasteiger partial charge in [0.2, 0.25) is 15.9 Å². The standard InChI is InChI=1S/C17H23FN6O3S/c1-3-9-28(26,27)23-8-4-5-13(11-23)17(25)19-16-10-14(6-7-15(16)18)24-12(2)20-21-22-24/h6-7,10,13H,3-5,8-9,11H2,1-2H3,(H,19,25). The van der Waals surface area contributed by atoms with Gasteiger partial charge in [0.15, 0.2) is 5.82 Å². The van der Waals surface area contributed by atoms with E-state index in [1.807, 2.05) is 0 Å². The predicted octanol–water partition coefficient (Wildman–Crippen LogP) is 1.50. The number of hydrogen-bond acceptors (Lipinski definition) is 6. The minimum absolute atomic E-state index is 0.00550. The van der Waals surface area contributed by atoms with E-state index in [1.54, 1.807) is 13.8 Å². The first-order valence-electron chi connectivity index (χ1n) is 9.15. The van der Waals surface area contributed by atoms with E-state index in [1.165, 1.54) is 27.2 Å². The number of halogens is 1. The van der Waals surface area contributed by atoms with E-state index >= 15 is 0 Å². The molecule has 1 unspecified atom stereocenters. The number of aryl methyl sites for hydroxylation is 1. The van der Waals surface area contributed by atoms with Crippen LogP contribution in [0.25, 0.3) is 5.69 Å². The van der Waals surface area contributed by atoms with Crippen molar-refractivity contribution in [1.29, 1.82) is 0 Å². The van der Waals surface area contributed by atoms with Gasteiger partial charge in [0.1, 0.15) is 5.82 Å². The SMILES string of the molecule is CCCS(=O)(=O)N1CCCC(C(=O)Nc2cc(-n3nnnc3C)ccc2F)C1. The molecule has 0 radical (unpaired) electrons. The Labute approximate surface area is 163 Å².